The average Bonchev–Trinajstić information content (AvgIpc) is 2.37. The molecular formula is C13H13N3O2. The monoisotopic (exact) mass is 243 g/mol. The molecule has 0 saturated carbocycles. The first-order chi connectivity index (χ1) is 8.65. The van der Waals surface area contributed by atoms with Gasteiger partial charge in [0, 0.05) is 5.69 Å². The lowest BCUT2D eigenvalue weighted by atomic mass is 10.3. The van der Waals surface area contributed by atoms with Crippen LogP contribution in [0, 0.1) is 6.92 Å². The molecule has 0 saturated heterocycles. The zero-order valence-electron chi connectivity index (χ0n) is 9.92. The van der Waals surface area contributed by atoms with Gasteiger partial charge in [-0.2, -0.15) is 0 Å². The molecule has 5 heteroatoms. The zero-order valence-corrected chi connectivity index (χ0v) is 9.92. The van der Waals surface area contributed by atoms with Gasteiger partial charge in [0.05, 0.1) is 12.2 Å². The summed E-state index contributed by atoms with van der Waals surface area (Å²) in [5.41, 5.74) is 1.86. The van der Waals surface area contributed by atoms with Crippen LogP contribution in [0.15, 0.2) is 36.4 Å². The third kappa shape index (κ3) is 3.04. The number of aromatic carboxylic acids is 1. The van der Waals surface area contributed by atoms with E-state index in [1.54, 1.807) is 12.1 Å². The van der Waals surface area contributed by atoms with Gasteiger partial charge in [-0.15, -0.1) is 0 Å². The van der Waals surface area contributed by atoms with Gasteiger partial charge < -0.3 is 10.4 Å². The molecule has 2 aromatic heterocycles. The largest absolute Gasteiger partial charge is 0.477 e. The highest BCUT2D eigenvalue weighted by atomic mass is 16.4. The van der Waals surface area contributed by atoms with Crippen molar-refractivity contribution >= 4 is 11.8 Å². The number of nitrogens with zero attached hydrogens (tertiary/aromatic N) is 2. The van der Waals surface area contributed by atoms with Crippen molar-refractivity contribution in [3.63, 3.8) is 0 Å². The Bertz CT molecular complexity index is 570. The number of aromatic nitrogens is 2. The molecule has 0 bridgehead atoms. The van der Waals surface area contributed by atoms with Crippen molar-refractivity contribution in [1.29, 1.82) is 0 Å². The SMILES string of the molecule is Cc1cccc(CNc2cccc(C(=O)O)n2)n1. The van der Waals surface area contributed by atoms with Crippen molar-refractivity contribution < 1.29 is 9.90 Å². The third-order valence-electron chi connectivity index (χ3n) is 2.36. The van der Waals surface area contributed by atoms with Gasteiger partial charge in [0.25, 0.3) is 0 Å². The predicted molar refractivity (Wildman–Crippen MR) is 67.5 cm³/mol. The number of rotatable bonds is 4. The number of hydrogen-bond acceptors (Lipinski definition) is 4. The first-order valence-electron chi connectivity index (χ1n) is 5.52. The van der Waals surface area contributed by atoms with Gasteiger partial charge in [-0.1, -0.05) is 12.1 Å². The third-order valence-corrected chi connectivity index (χ3v) is 2.36. The van der Waals surface area contributed by atoms with Crippen molar-refractivity contribution in [2.75, 3.05) is 5.32 Å². The van der Waals surface area contributed by atoms with Gasteiger partial charge in [0.2, 0.25) is 0 Å². The summed E-state index contributed by atoms with van der Waals surface area (Å²) >= 11 is 0. The Morgan fingerprint density at radius 3 is 2.72 bits per heavy atom. The van der Waals surface area contributed by atoms with Gasteiger partial charge in [0.15, 0.2) is 5.69 Å². The number of nitrogens with one attached hydrogen (secondary N) is 1. The summed E-state index contributed by atoms with van der Waals surface area (Å²) in [5, 5.41) is 11.9. The van der Waals surface area contributed by atoms with Crippen LogP contribution < -0.4 is 5.32 Å². The Morgan fingerprint density at radius 1 is 1.22 bits per heavy atom. The van der Waals surface area contributed by atoms with Crippen molar-refractivity contribution in [3.8, 4) is 0 Å². The van der Waals surface area contributed by atoms with Crippen molar-refractivity contribution in [3.05, 3.63) is 53.5 Å². The smallest absolute Gasteiger partial charge is 0.354 e. The molecule has 2 aromatic rings. The molecule has 2 rings (SSSR count). The van der Waals surface area contributed by atoms with Gasteiger partial charge in [-0.3, -0.25) is 4.98 Å². The maximum Gasteiger partial charge on any atom is 0.354 e. The molecule has 2 heterocycles. The average molecular weight is 243 g/mol. The second-order valence-electron chi connectivity index (χ2n) is 3.84. The minimum Gasteiger partial charge on any atom is -0.477 e. The Balaban J connectivity index is 2.06. The van der Waals surface area contributed by atoms with Gasteiger partial charge in [0.1, 0.15) is 5.82 Å². The topological polar surface area (TPSA) is 75.1 Å². The summed E-state index contributed by atoms with van der Waals surface area (Å²) in [6, 6.07) is 10.6. The van der Waals surface area contributed by atoms with Crippen molar-refractivity contribution in [2.24, 2.45) is 0 Å². The molecule has 2 N–H and O–H groups in total. The van der Waals surface area contributed by atoms with E-state index in [0.717, 1.165) is 11.4 Å². The Kier molecular flexibility index (Phi) is 3.52. The number of pyridine rings is 2. The van der Waals surface area contributed by atoms with E-state index in [2.05, 4.69) is 15.3 Å². The fourth-order valence-corrected chi connectivity index (χ4v) is 1.53. The number of anilines is 1. The van der Waals surface area contributed by atoms with Crippen LogP contribution in [-0.2, 0) is 6.54 Å². The highest BCUT2D eigenvalue weighted by Crippen LogP contribution is 2.07. The Labute approximate surface area is 105 Å². The number of carboxylic acids is 1. The lowest BCUT2D eigenvalue weighted by molar-refractivity contribution is 0.0690. The van der Waals surface area contributed by atoms with Crippen LogP contribution >= 0.6 is 0 Å². The number of carbonyl (C=O) groups is 1. The summed E-state index contributed by atoms with van der Waals surface area (Å²) < 4.78 is 0. The van der Waals surface area contributed by atoms with E-state index in [-0.39, 0.29) is 5.69 Å². The zero-order chi connectivity index (χ0) is 13.0. The van der Waals surface area contributed by atoms with E-state index in [9.17, 15) is 4.79 Å². The van der Waals surface area contributed by atoms with Crippen LogP contribution in [0.3, 0.4) is 0 Å². The molecule has 0 unspecified atom stereocenters. The Hall–Kier alpha value is -2.43. The van der Waals surface area contributed by atoms with Crippen LogP contribution in [0.1, 0.15) is 21.9 Å². The van der Waals surface area contributed by atoms with Gasteiger partial charge in [-0.25, -0.2) is 9.78 Å². The van der Waals surface area contributed by atoms with E-state index in [1.807, 2.05) is 25.1 Å². The van der Waals surface area contributed by atoms with E-state index in [0.29, 0.717) is 12.4 Å². The molecule has 0 fully saturated rings. The minimum atomic E-state index is -1.03. The minimum absolute atomic E-state index is 0.0252. The molecule has 0 aliphatic rings. The van der Waals surface area contributed by atoms with E-state index in [1.165, 1.54) is 6.07 Å². The van der Waals surface area contributed by atoms with E-state index >= 15 is 0 Å². The molecule has 0 aliphatic carbocycles. The highest BCUT2D eigenvalue weighted by Gasteiger charge is 2.04. The summed E-state index contributed by atoms with van der Waals surface area (Å²) in [4.78, 5) is 19.1. The first-order valence-corrected chi connectivity index (χ1v) is 5.52. The lowest BCUT2D eigenvalue weighted by Crippen LogP contribution is -2.06. The number of aryl methyl sites for hydroxylation is 1. The molecule has 0 spiro atoms. The molecule has 0 aliphatic heterocycles. The molecule has 0 radical (unpaired) electrons. The molecule has 0 atom stereocenters. The second-order valence-corrected chi connectivity index (χ2v) is 3.84. The Morgan fingerprint density at radius 2 is 2.00 bits per heavy atom. The summed E-state index contributed by atoms with van der Waals surface area (Å²) in [7, 11) is 0. The fraction of sp³-hybridized carbons (Fsp3) is 0.154. The van der Waals surface area contributed by atoms with Crippen LogP contribution in [0.4, 0.5) is 5.82 Å². The van der Waals surface area contributed by atoms with E-state index < -0.39 is 5.97 Å². The normalized spacial score (nSPS) is 10.1. The standard InChI is InChI=1S/C13H13N3O2/c1-9-4-2-5-10(15-9)8-14-12-7-3-6-11(16-12)13(17)18/h2-7H,8H2,1H3,(H,14,16)(H,17,18). The maximum atomic E-state index is 10.8. The summed E-state index contributed by atoms with van der Waals surface area (Å²) in [5.74, 6) is -0.509. The van der Waals surface area contributed by atoms with Gasteiger partial charge in [-0.05, 0) is 31.2 Å². The quantitative estimate of drug-likeness (QED) is 0.860. The van der Waals surface area contributed by atoms with Gasteiger partial charge >= 0.3 is 5.97 Å². The maximum absolute atomic E-state index is 10.8. The van der Waals surface area contributed by atoms with Crippen LogP contribution in [0.25, 0.3) is 0 Å². The van der Waals surface area contributed by atoms with Crippen molar-refractivity contribution in [1.82, 2.24) is 9.97 Å². The summed E-state index contributed by atoms with van der Waals surface area (Å²) in [6.07, 6.45) is 0. The number of hydrogen-bond donors (Lipinski definition) is 2. The van der Waals surface area contributed by atoms with Crippen LogP contribution in [0.5, 0.6) is 0 Å². The van der Waals surface area contributed by atoms with Crippen LogP contribution in [-0.4, -0.2) is 21.0 Å². The predicted octanol–water partition coefficient (Wildman–Crippen LogP) is 2.10. The second kappa shape index (κ2) is 5.27. The molecule has 0 aromatic carbocycles. The molecular weight excluding hydrogens is 230 g/mol. The molecule has 18 heavy (non-hydrogen) atoms. The first kappa shape index (κ1) is 12.0. The lowest BCUT2D eigenvalue weighted by Gasteiger charge is -2.06. The fourth-order valence-electron chi connectivity index (χ4n) is 1.53. The molecule has 92 valence electrons. The summed E-state index contributed by atoms with van der Waals surface area (Å²) in [6.45, 7) is 2.44. The highest BCUT2D eigenvalue weighted by molar-refractivity contribution is 5.85. The van der Waals surface area contributed by atoms with E-state index in [4.69, 9.17) is 5.11 Å². The molecule has 0 amide bonds. The molecule has 5 nitrogen and oxygen atoms in total. The number of carboxylic acid groups (broad SMARTS) is 1. The van der Waals surface area contributed by atoms with Crippen molar-refractivity contribution in [2.45, 2.75) is 13.5 Å². The van der Waals surface area contributed by atoms with Crippen LogP contribution in [0.2, 0.25) is 0 Å².